The molecule has 1 unspecified atom stereocenters. The summed E-state index contributed by atoms with van der Waals surface area (Å²) in [6.45, 7) is 2.15. The van der Waals surface area contributed by atoms with Crippen molar-refractivity contribution in [2.24, 2.45) is 0 Å². The quantitative estimate of drug-likeness (QED) is 0.158. The first kappa shape index (κ1) is 29.5. The van der Waals surface area contributed by atoms with E-state index in [-0.39, 0.29) is 34.4 Å². The molecular formula is C29H29NO7S3. The average Bonchev–Trinajstić information content (AvgIpc) is 3.77. The molecular weight excluding hydrogens is 571 g/mol. The lowest BCUT2D eigenvalue weighted by atomic mass is 10.1. The second-order valence-corrected chi connectivity index (χ2v) is 11.5. The monoisotopic (exact) mass is 599 g/mol. The van der Waals surface area contributed by atoms with Crippen LogP contribution in [0.15, 0.2) is 59.3 Å². The zero-order chi connectivity index (χ0) is 28.6. The minimum atomic E-state index is -0.365. The van der Waals surface area contributed by atoms with Crippen molar-refractivity contribution in [3.8, 4) is 43.9 Å². The van der Waals surface area contributed by atoms with Crippen molar-refractivity contribution in [3.63, 3.8) is 0 Å². The summed E-state index contributed by atoms with van der Waals surface area (Å²) < 4.78 is 15.4. The van der Waals surface area contributed by atoms with Gasteiger partial charge in [0.25, 0.3) is 0 Å². The maximum Gasteiger partial charge on any atom is 0.324 e. The van der Waals surface area contributed by atoms with Gasteiger partial charge in [0.2, 0.25) is 0 Å². The molecule has 3 N–H and O–H groups in total. The van der Waals surface area contributed by atoms with E-state index < -0.39 is 0 Å². The highest BCUT2D eigenvalue weighted by atomic mass is 32.2. The van der Waals surface area contributed by atoms with Crippen LogP contribution >= 0.6 is 34.4 Å². The molecule has 40 heavy (non-hydrogen) atoms. The Hall–Kier alpha value is -3.51. The highest BCUT2D eigenvalue weighted by molar-refractivity contribution is 7.99. The fraction of sp³-hybridized carbons (Fsp3) is 0.241. The van der Waals surface area contributed by atoms with Crippen molar-refractivity contribution >= 4 is 46.7 Å². The van der Waals surface area contributed by atoms with E-state index in [1.165, 1.54) is 14.2 Å². The molecule has 1 fully saturated rings. The van der Waals surface area contributed by atoms with Crippen LogP contribution < -0.4 is 14.8 Å². The Morgan fingerprint density at radius 3 is 2.10 bits per heavy atom. The Labute approximate surface area is 244 Å². The van der Waals surface area contributed by atoms with Gasteiger partial charge in [-0.15, -0.1) is 34.4 Å². The second kappa shape index (κ2) is 13.7. The van der Waals surface area contributed by atoms with E-state index in [2.05, 4.69) is 5.32 Å². The van der Waals surface area contributed by atoms with E-state index in [1.807, 2.05) is 47.2 Å². The molecule has 0 aliphatic carbocycles. The third kappa shape index (κ3) is 6.61. The first-order chi connectivity index (χ1) is 19.4. The number of thioether (sulfide) groups is 1. The van der Waals surface area contributed by atoms with Crippen LogP contribution in [0.5, 0.6) is 23.0 Å². The van der Waals surface area contributed by atoms with Crippen molar-refractivity contribution in [2.75, 3.05) is 26.6 Å². The lowest BCUT2D eigenvalue weighted by molar-refractivity contribution is -0.144. The summed E-state index contributed by atoms with van der Waals surface area (Å²) in [6, 6.07) is 14.7. The lowest BCUT2D eigenvalue weighted by Crippen LogP contribution is -2.35. The summed E-state index contributed by atoms with van der Waals surface area (Å²) in [5, 5.41) is 27.2. The number of aromatic hydroxyl groups is 2. The molecule has 5 rings (SSSR count). The number of thiophene rings is 2. The molecule has 210 valence electrons. The van der Waals surface area contributed by atoms with Gasteiger partial charge in [-0.05, 0) is 65.2 Å². The van der Waals surface area contributed by atoms with Crippen LogP contribution in [0.25, 0.3) is 20.9 Å². The van der Waals surface area contributed by atoms with Crippen molar-refractivity contribution in [3.05, 3.63) is 70.4 Å². The number of phenolic OH excluding ortho intramolecular Hbond substituents is 2. The fourth-order valence-electron chi connectivity index (χ4n) is 4.06. The first-order valence-corrected chi connectivity index (χ1v) is 15.1. The Kier molecular flexibility index (Phi) is 10.1. The number of ether oxygens (including phenoxy) is 3. The molecule has 0 radical (unpaired) electrons. The van der Waals surface area contributed by atoms with Crippen LogP contribution in [0.4, 0.5) is 0 Å². The maximum absolute atomic E-state index is 11.9. The summed E-state index contributed by atoms with van der Waals surface area (Å²) >= 11 is 4.77. The third-order valence-corrected chi connectivity index (χ3v) is 9.11. The molecule has 2 atom stereocenters. The van der Waals surface area contributed by atoms with Crippen LogP contribution in [0.3, 0.4) is 0 Å². The van der Waals surface area contributed by atoms with Crippen LogP contribution in [0, 0.1) is 0 Å². The number of methoxy groups -OCH3 is 2. The molecule has 3 heterocycles. The number of hydrogen-bond donors (Lipinski definition) is 3. The SMILES string of the molecule is CCOC(=O)[C@@H]1CSC(c2cc(-c3cccs3)cc(OC)c2O)N1.COc1cc(-c2cccs2)cc(C=O)c1O. The normalized spacial score (nSPS) is 16.1. The zero-order valence-electron chi connectivity index (χ0n) is 22.1. The number of carbonyl (C=O) groups is 2. The first-order valence-electron chi connectivity index (χ1n) is 12.3. The topological polar surface area (TPSA) is 114 Å². The van der Waals surface area contributed by atoms with Gasteiger partial charge < -0.3 is 24.4 Å². The van der Waals surface area contributed by atoms with Crippen molar-refractivity contribution in [2.45, 2.75) is 18.3 Å². The number of hydrogen-bond acceptors (Lipinski definition) is 11. The lowest BCUT2D eigenvalue weighted by Gasteiger charge is -2.17. The predicted octanol–water partition coefficient (Wildman–Crippen LogP) is 6.34. The largest absolute Gasteiger partial charge is 0.504 e. The average molecular weight is 600 g/mol. The van der Waals surface area contributed by atoms with Crippen LogP contribution in [-0.4, -0.2) is 55.1 Å². The highest BCUT2D eigenvalue weighted by Gasteiger charge is 2.33. The molecule has 8 nitrogen and oxygen atoms in total. The Morgan fingerprint density at radius 2 is 1.57 bits per heavy atom. The summed E-state index contributed by atoms with van der Waals surface area (Å²) in [5.74, 6) is 1.08. The molecule has 1 aliphatic heterocycles. The van der Waals surface area contributed by atoms with Gasteiger partial charge >= 0.3 is 5.97 Å². The molecule has 1 saturated heterocycles. The number of carbonyl (C=O) groups excluding carboxylic acids is 2. The number of nitrogens with one attached hydrogen (secondary N) is 1. The molecule has 11 heteroatoms. The minimum Gasteiger partial charge on any atom is -0.504 e. The Morgan fingerprint density at radius 1 is 0.975 bits per heavy atom. The number of aldehydes is 1. The maximum atomic E-state index is 11.9. The molecule has 0 bridgehead atoms. The summed E-state index contributed by atoms with van der Waals surface area (Å²) in [7, 11) is 3.00. The predicted molar refractivity (Wildman–Crippen MR) is 160 cm³/mol. The van der Waals surface area contributed by atoms with Gasteiger partial charge in [-0.2, -0.15) is 0 Å². The van der Waals surface area contributed by atoms with Crippen LogP contribution in [0.2, 0.25) is 0 Å². The van der Waals surface area contributed by atoms with E-state index in [9.17, 15) is 19.8 Å². The standard InChI is InChI=1S/C17H19NO4S2.C12H10O3S/c1-3-22-17(20)12-9-24-16(18-12)11-7-10(14-5-4-6-23-14)8-13(21-2)15(11)19;1-15-10-6-8(11-3-2-4-16-11)5-9(7-13)12(10)14/h4-8,12,16,18-19H,3,9H2,1-2H3;2-7,14H,1H3/t12-,16?;/m0./s1. The van der Waals surface area contributed by atoms with Crippen molar-refractivity contribution in [1.82, 2.24) is 5.32 Å². The number of phenols is 2. The molecule has 1 aliphatic rings. The van der Waals surface area contributed by atoms with E-state index in [4.69, 9.17) is 14.2 Å². The summed E-state index contributed by atoms with van der Waals surface area (Å²) in [5.41, 5.74) is 2.81. The summed E-state index contributed by atoms with van der Waals surface area (Å²) in [6.07, 6.45) is 0.620. The molecule has 2 aromatic carbocycles. The highest BCUT2D eigenvalue weighted by Crippen LogP contribution is 2.44. The molecule has 0 spiro atoms. The third-order valence-electron chi connectivity index (χ3n) is 6.02. The molecule has 0 saturated carbocycles. The summed E-state index contributed by atoms with van der Waals surface area (Å²) in [4.78, 5) is 24.8. The molecule has 2 aromatic heterocycles. The van der Waals surface area contributed by atoms with Crippen LogP contribution in [-0.2, 0) is 9.53 Å². The second-order valence-electron chi connectivity index (χ2n) is 8.49. The van der Waals surface area contributed by atoms with Gasteiger partial charge in [0.05, 0.1) is 31.8 Å². The van der Waals surface area contributed by atoms with Gasteiger partial charge in [-0.3, -0.25) is 14.9 Å². The van der Waals surface area contributed by atoms with E-state index in [0.29, 0.717) is 30.1 Å². The number of benzene rings is 2. The number of esters is 1. The van der Waals surface area contributed by atoms with Crippen molar-refractivity contribution < 1.29 is 34.0 Å². The van der Waals surface area contributed by atoms with Crippen LogP contribution in [0.1, 0.15) is 28.2 Å². The molecule has 0 amide bonds. The van der Waals surface area contributed by atoms with E-state index in [0.717, 1.165) is 26.4 Å². The van der Waals surface area contributed by atoms with Crippen molar-refractivity contribution in [1.29, 1.82) is 0 Å². The van der Waals surface area contributed by atoms with Gasteiger partial charge in [-0.1, -0.05) is 12.1 Å². The fourth-order valence-corrected chi connectivity index (χ4v) is 6.73. The van der Waals surface area contributed by atoms with E-state index >= 15 is 0 Å². The Bertz CT molecular complexity index is 1440. The number of rotatable bonds is 8. The molecule has 4 aromatic rings. The van der Waals surface area contributed by atoms with E-state index in [1.54, 1.807) is 53.5 Å². The van der Waals surface area contributed by atoms with Gasteiger partial charge in [0.15, 0.2) is 29.3 Å². The Balaban J connectivity index is 0.000000201. The van der Waals surface area contributed by atoms with Gasteiger partial charge in [0, 0.05) is 21.1 Å². The minimum absolute atomic E-state index is 0.104. The van der Waals surface area contributed by atoms with Gasteiger partial charge in [0.1, 0.15) is 6.04 Å². The smallest absolute Gasteiger partial charge is 0.324 e. The van der Waals surface area contributed by atoms with Gasteiger partial charge in [-0.25, -0.2) is 0 Å². The zero-order valence-corrected chi connectivity index (χ0v) is 24.5.